The molecule has 3 N–H and O–H groups in total. The molecule has 2 amide bonds. The number of H-pyrrole nitrogens is 1. The van der Waals surface area contributed by atoms with E-state index in [-0.39, 0.29) is 12.1 Å². The highest BCUT2D eigenvalue weighted by Gasteiger charge is 2.26. The molecule has 1 saturated heterocycles. The van der Waals surface area contributed by atoms with Gasteiger partial charge in [0.2, 0.25) is 0 Å². The molecule has 1 atom stereocenters. The zero-order chi connectivity index (χ0) is 17.5. The van der Waals surface area contributed by atoms with Gasteiger partial charge >= 0.3 is 6.03 Å². The third-order valence-electron chi connectivity index (χ3n) is 4.53. The van der Waals surface area contributed by atoms with Crippen molar-refractivity contribution in [3.8, 4) is 5.75 Å². The van der Waals surface area contributed by atoms with Crippen LogP contribution in [0.1, 0.15) is 30.1 Å². The Morgan fingerprint density at radius 2 is 2.08 bits per heavy atom. The van der Waals surface area contributed by atoms with E-state index in [0.717, 1.165) is 30.1 Å². The summed E-state index contributed by atoms with van der Waals surface area (Å²) in [5, 5.41) is 12.5. The number of hydrogen-bond acceptors (Lipinski definition) is 4. The Bertz CT molecular complexity index is 668. The van der Waals surface area contributed by atoms with Crippen LogP contribution in [0.4, 0.5) is 4.79 Å². The molecular weight excluding hydrogens is 318 g/mol. The molecule has 25 heavy (non-hydrogen) atoms. The predicted octanol–water partition coefficient (Wildman–Crippen LogP) is 2.05. The van der Waals surface area contributed by atoms with Crippen molar-refractivity contribution >= 4 is 6.03 Å². The maximum Gasteiger partial charge on any atom is 0.315 e. The number of nitrogens with one attached hydrogen (secondary N) is 3. The predicted molar refractivity (Wildman–Crippen MR) is 95.4 cm³/mol. The summed E-state index contributed by atoms with van der Waals surface area (Å²) in [5.41, 5.74) is 1.98. The maximum atomic E-state index is 12.1. The van der Waals surface area contributed by atoms with Crippen LogP contribution < -0.4 is 15.4 Å². The zero-order valence-corrected chi connectivity index (χ0v) is 14.5. The largest absolute Gasteiger partial charge is 0.496 e. The summed E-state index contributed by atoms with van der Waals surface area (Å²) in [4.78, 5) is 14.5. The number of para-hydroxylation sites is 1. The van der Waals surface area contributed by atoms with Gasteiger partial charge in [-0.1, -0.05) is 18.2 Å². The molecule has 1 aliphatic heterocycles. The lowest BCUT2D eigenvalue weighted by Crippen LogP contribution is -2.41. The summed E-state index contributed by atoms with van der Waals surface area (Å²) in [6.45, 7) is 3.05. The van der Waals surface area contributed by atoms with E-state index < -0.39 is 0 Å². The lowest BCUT2D eigenvalue weighted by Gasteiger charge is -2.29. The Kier molecular flexibility index (Phi) is 5.90. The number of hydrogen-bond donors (Lipinski definition) is 3. The van der Waals surface area contributed by atoms with Crippen molar-refractivity contribution in [3.05, 3.63) is 47.8 Å². The lowest BCUT2D eigenvalue weighted by atomic mass is 10.0. The second kappa shape index (κ2) is 8.53. The zero-order valence-electron chi connectivity index (χ0n) is 14.5. The first-order chi connectivity index (χ1) is 12.3. The fourth-order valence-electron chi connectivity index (χ4n) is 3.24. The van der Waals surface area contributed by atoms with Crippen LogP contribution in [0.25, 0.3) is 0 Å². The minimum Gasteiger partial charge on any atom is -0.496 e. The normalized spacial score (nSPS) is 15.7. The number of nitrogens with zero attached hydrogens (tertiary/aromatic N) is 2. The molecule has 0 aliphatic carbocycles. The third-order valence-corrected chi connectivity index (χ3v) is 4.53. The second-order valence-corrected chi connectivity index (χ2v) is 6.15. The summed E-state index contributed by atoms with van der Waals surface area (Å²) in [6.07, 6.45) is 4.05. The van der Waals surface area contributed by atoms with Crippen LogP contribution in [-0.2, 0) is 6.54 Å². The number of amides is 2. The molecule has 134 valence electrons. The minimum absolute atomic E-state index is 0.108. The van der Waals surface area contributed by atoms with Crippen molar-refractivity contribution in [1.29, 1.82) is 0 Å². The quantitative estimate of drug-likeness (QED) is 0.719. The fourth-order valence-corrected chi connectivity index (χ4v) is 3.24. The first-order valence-electron chi connectivity index (χ1n) is 8.65. The summed E-state index contributed by atoms with van der Waals surface area (Å²) < 4.78 is 5.52. The molecular formula is C18H25N5O2. The summed E-state index contributed by atoms with van der Waals surface area (Å²) >= 11 is 0. The summed E-state index contributed by atoms with van der Waals surface area (Å²) in [6, 6.07) is 9.78. The summed E-state index contributed by atoms with van der Waals surface area (Å²) in [7, 11) is 1.68. The van der Waals surface area contributed by atoms with Gasteiger partial charge in [0.25, 0.3) is 0 Å². The molecule has 3 rings (SSSR count). The fraction of sp³-hybridized carbons (Fsp3) is 0.444. The minimum atomic E-state index is -0.186. The lowest BCUT2D eigenvalue weighted by molar-refractivity contribution is 0.218. The number of aromatic nitrogens is 2. The van der Waals surface area contributed by atoms with Gasteiger partial charge in [0.1, 0.15) is 5.75 Å². The number of benzene rings is 1. The van der Waals surface area contributed by atoms with Gasteiger partial charge in [0, 0.05) is 18.3 Å². The molecule has 7 heteroatoms. The van der Waals surface area contributed by atoms with Crippen molar-refractivity contribution in [2.45, 2.75) is 25.4 Å². The third kappa shape index (κ3) is 4.51. The highest BCUT2D eigenvalue weighted by Crippen LogP contribution is 2.31. The smallest absolute Gasteiger partial charge is 0.315 e. The molecule has 7 nitrogen and oxygen atoms in total. The molecule has 2 aromatic rings. The maximum absolute atomic E-state index is 12.1. The molecule has 1 fully saturated rings. The molecule has 1 unspecified atom stereocenters. The number of ether oxygens (including phenoxy) is 1. The van der Waals surface area contributed by atoms with Gasteiger partial charge in [-0.15, -0.1) is 0 Å². The SMILES string of the molecule is COc1ccccc1C(CNC(=O)NCc1ccn[nH]1)N1CCCC1. The number of carbonyl (C=O) groups is 1. The number of methoxy groups -OCH3 is 1. The molecule has 1 aliphatic rings. The van der Waals surface area contributed by atoms with E-state index in [2.05, 4.69) is 31.8 Å². The number of rotatable bonds is 7. The van der Waals surface area contributed by atoms with E-state index in [1.165, 1.54) is 12.8 Å². The van der Waals surface area contributed by atoms with Crippen molar-refractivity contribution in [2.24, 2.45) is 0 Å². The van der Waals surface area contributed by atoms with Gasteiger partial charge in [-0.05, 0) is 38.1 Å². The van der Waals surface area contributed by atoms with Crippen molar-refractivity contribution < 1.29 is 9.53 Å². The van der Waals surface area contributed by atoms with Gasteiger partial charge in [-0.3, -0.25) is 10.00 Å². The monoisotopic (exact) mass is 343 g/mol. The topological polar surface area (TPSA) is 82.3 Å². The van der Waals surface area contributed by atoms with Crippen LogP contribution in [-0.4, -0.2) is 47.9 Å². The van der Waals surface area contributed by atoms with E-state index in [1.54, 1.807) is 13.3 Å². The summed E-state index contributed by atoms with van der Waals surface area (Å²) in [5.74, 6) is 0.860. The van der Waals surface area contributed by atoms with Crippen molar-refractivity contribution in [1.82, 2.24) is 25.7 Å². The number of urea groups is 1. The van der Waals surface area contributed by atoms with Crippen LogP contribution in [0.3, 0.4) is 0 Å². The van der Waals surface area contributed by atoms with Crippen molar-refractivity contribution in [3.63, 3.8) is 0 Å². The van der Waals surface area contributed by atoms with Crippen LogP contribution in [0.5, 0.6) is 5.75 Å². The van der Waals surface area contributed by atoms with E-state index in [1.807, 2.05) is 24.3 Å². The Balaban J connectivity index is 1.62. The van der Waals surface area contributed by atoms with Crippen LogP contribution in [0.15, 0.2) is 36.5 Å². The molecule has 0 radical (unpaired) electrons. The highest BCUT2D eigenvalue weighted by molar-refractivity contribution is 5.73. The van der Waals surface area contributed by atoms with Crippen molar-refractivity contribution in [2.75, 3.05) is 26.7 Å². The first-order valence-corrected chi connectivity index (χ1v) is 8.65. The average Bonchev–Trinajstić information content (AvgIpc) is 3.34. The van der Waals surface area contributed by atoms with Crippen LogP contribution in [0.2, 0.25) is 0 Å². The molecule has 0 bridgehead atoms. The molecule has 0 saturated carbocycles. The Hall–Kier alpha value is -2.54. The van der Waals surface area contributed by atoms with Gasteiger partial charge in [-0.2, -0.15) is 5.10 Å². The molecule has 1 aromatic heterocycles. The molecule has 1 aromatic carbocycles. The van der Waals surface area contributed by atoms with Gasteiger partial charge < -0.3 is 15.4 Å². The number of likely N-dealkylation sites (tertiary alicyclic amines) is 1. The molecule has 2 heterocycles. The van der Waals surface area contributed by atoms with E-state index >= 15 is 0 Å². The Morgan fingerprint density at radius 1 is 1.28 bits per heavy atom. The standard InChI is InChI=1S/C18H25N5O2/c1-25-17-7-3-2-6-15(17)16(23-10-4-5-11-23)13-20-18(24)19-12-14-8-9-21-22-14/h2-3,6-9,16H,4-5,10-13H2,1H3,(H,21,22)(H2,19,20,24). The average molecular weight is 343 g/mol. The second-order valence-electron chi connectivity index (χ2n) is 6.15. The van der Waals surface area contributed by atoms with Gasteiger partial charge in [-0.25, -0.2) is 4.79 Å². The van der Waals surface area contributed by atoms with E-state index in [0.29, 0.717) is 13.1 Å². The first kappa shape index (κ1) is 17.3. The van der Waals surface area contributed by atoms with Gasteiger partial charge in [0.15, 0.2) is 0 Å². The van der Waals surface area contributed by atoms with E-state index in [9.17, 15) is 4.79 Å². The van der Waals surface area contributed by atoms with Crippen LogP contribution >= 0.6 is 0 Å². The van der Waals surface area contributed by atoms with Gasteiger partial charge in [0.05, 0.1) is 25.4 Å². The van der Waals surface area contributed by atoms with Crippen LogP contribution in [0, 0.1) is 0 Å². The Morgan fingerprint density at radius 3 is 2.80 bits per heavy atom. The number of carbonyl (C=O) groups excluding carboxylic acids is 1. The number of aromatic amines is 1. The highest BCUT2D eigenvalue weighted by atomic mass is 16.5. The molecule has 0 spiro atoms. The van der Waals surface area contributed by atoms with E-state index in [4.69, 9.17) is 4.74 Å². The Labute approximate surface area is 147 Å².